The third-order valence-electron chi connectivity index (χ3n) is 13.6. The number of fused-ring (bicyclic) bond motifs is 5. The number of azide groups is 3. The molecule has 288 valence electrons. The van der Waals surface area contributed by atoms with Gasteiger partial charge in [-0.15, -0.1) is 0 Å². The minimum Gasteiger partial charge on any atom is -0.396 e. The molecule has 0 radical (unpaired) electrons. The molecule has 51 heavy (non-hydrogen) atoms. The van der Waals surface area contributed by atoms with E-state index in [1.54, 1.807) is 0 Å². The Morgan fingerprint density at radius 3 is 2.08 bits per heavy atom. The fourth-order valence-electron chi connectivity index (χ4n) is 11.1. The van der Waals surface area contributed by atoms with Gasteiger partial charge in [0.25, 0.3) is 0 Å². The predicted octanol–water partition coefficient (Wildman–Crippen LogP) is 8.90. The Kier molecular flexibility index (Phi) is 17.4. The molecular formula is C37H66N10O4. The fourth-order valence-corrected chi connectivity index (χ4v) is 11.1. The second kappa shape index (κ2) is 21.4. The number of unbranched alkanes of at least 4 members (excludes halogenated alkanes) is 1. The molecule has 0 saturated heterocycles. The van der Waals surface area contributed by atoms with Crippen molar-refractivity contribution in [2.24, 2.45) is 61.7 Å². The molecule has 0 bridgehead atoms. The van der Waals surface area contributed by atoms with Crippen LogP contribution in [0.3, 0.4) is 0 Å². The first-order valence-electron chi connectivity index (χ1n) is 20.0. The lowest BCUT2D eigenvalue weighted by atomic mass is 9.43. The average molecular weight is 715 g/mol. The van der Waals surface area contributed by atoms with Crippen LogP contribution < -0.4 is 5.32 Å². The Bertz CT molecular complexity index is 1190. The molecule has 0 aromatic heterocycles. The van der Waals surface area contributed by atoms with Gasteiger partial charge in [0.1, 0.15) is 0 Å². The van der Waals surface area contributed by atoms with Crippen LogP contribution in [0, 0.1) is 46.3 Å². The molecule has 14 heteroatoms. The highest BCUT2D eigenvalue weighted by Gasteiger charge is 2.66. The van der Waals surface area contributed by atoms with E-state index in [0.717, 1.165) is 83.7 Å². The van der Waals surface area contributed by atoms with Gasteiger partial charge < -0.3 is 24.6 Å². The first-order chi connectivity index (χ1) is 24.8. The van der Waals surface area contributed by atoms with Crippen molar-refractivity contribution >= 4 is 0 Å². The number of nitrogens with zero attached hydrogens (tertiary/aromatic N) is 9. The number of nitrogens with one attached hydrogen (secondary N) is 1. The molecule has 4 fully saturated rings. The minimum atomic E-state index is 0.0236. The zero-order valence-electron chi connectivity index (χ0n) is 31.7. The summed E-state index contributed by atoms with van der Waals surface area (Å²) >= 11 is 0. The predicted molar refractivity (Wildman–Crippen MR) is 199 cm³/mol. The molecule has 4 aliphatic rings. The first-order valence-corrected chi connectivity index (χ1v) is 20.0. The van der Waals surface area contributed by atoms with Crippen molar-refractivity contribution in [1.82, 2.24) is 5.32 Å². The Hall–Kier alpha value is -2.27. The topological polar surface area (TPSA) is 206 Å². The van der Waals surface area contributed by atoms with Crippen LogP contribution in [0.15, 0.2) is 15.3 Å². The van der Waals surface area contributed by atoms with Crippen LogP contribution in [-0.2, 0) is 14.2 Å². The summed E-state index contributed by atoms with van der Waals surface area (Å²) in [6, 6.07) is 0. The van der Waals surface area contributed by atoms with Crippen molar-refractivity contribution in [3.05, 3.63) is 31.3 Å². The van der Waals surface area contributed by atoms with Crippen molar-refractivity contribution in [2.75, 3.05) is 59.2 Å². The molecule has 0 heterocycles. The highest BCUT2D eigenvalue weighted by molar-refractivity contribution is 5.15. The lowest BCUT2D eigenvalue weighted by molar-refractivity contribution is -0.227. The number of hydrogen-bond donors (Lipinski definition) is 2. The van der Waals surface area contributed by atoms with Crippen molar-refractivity contribution in [1.29, 1.82) is 0 Å². The molecule has 0 aromatic rings. The zero-order chi connectivity index (χ0) is 36.5. The van der Waals surface area contributed by atoms with Crippen molar-refractivity contribution in [3.8, 4) is 0 Å². The number of hydrogen-bond acceptors (Lipinski definition) is 8. The van der Waals surface area contributed by atoms with Gasteiger partial charge in [-0.2, -0.15) is 0 Å². The summed E-state index contributed by atoms with van der Waals surface area (Å²) in [5, 5.41) is 23.9. The summed E-state index contributed by atoms with van der Waals surface area (Å²) in [6.45, 7) is 13.0. The van der Waals surface area contributed by atoms with Gasteiger partial charge in [0.15, 0.2) is 0 Å². The Morgan fingerprint density at radius 1 is 0.765 bits per heavy atom. The molecule has 0 aromatic carbocycles. The Labute approximate surface area is 305 Å². The minimum absolute atomic E-state index is 0.0236. The van der Waals surface area contributed by atoms with Crippen LogP contribution in [0.5, 0.6) is 0 Å². The quantitative estimate of drug-likeness (QED) is 0.0433. The van der Waals surface area contributed by atoms with Gasteiger partial charge >= 0.3 is 0 Å². The molecule has 0 aliphatic heterocycles. The van der Waals surface area contributed by atoms with Crippen LogP contribution in [0.2, 0.25) is 0 Å². The van der Waals surface area contributed by atoms with Crippen molar-refractivity contribution in [2.45, 2.75) is 129 Å². The molecule has 0 spiro atoms. The van der Waals surface area contributed by atoms with Gasteiger partial charge in [0.2, 0.25) is 0 Å². The molecule has 0 amide bonds. The SMILES string of the molecule is C[C@H](CCCNCCCCO)C1CC[C@H]2C3[C@H](OCCCN=[N+]=[N-])CC4C[C@H](OCCCN=[N+]=[N-])CC[C@]4(C)[C@H]3C[C@H](OCCCN=[N+]=[N-])[C@]12C. The van der Waals surface area contributed by atoms with E-state index in [0.29, 0.717) is 75.0 Å². The van der Waals surface area contributed by atoms with Gasteiger partial charge in [-0.3, -0.25) is 0 Å². The first kappa shape index (κ1) is 41.5. The van der Waals surface area contributed by atoms with E-state index in [1.807, 2.05) is 0 Å². The summed E-state index contributed by atoms with van der Waals surface area (Å²) < 4.78 is 20.3. The maximum atomic E-state index is 9.09. The van der Waals surface area contributed by atoms with Crippen molar-refractivity contribution < 1.29 is 19.3 Å². The summed E-state index contributed by atoms with van der Waals surface area (Å²) in [5.74, 6) is 3.04. The van der Waals surface area contributed by atoms with Gasteiger partial charge in [0.05, 0.1) is 18.3 Å². The summed E-state index contributed by atoms with van der Waals surface area (Å²) in [7, 11) is 0. The highest BCUT2D eigenvalue weighted by Crippen LogP contribution is 2.69. The number of aliphatic hydroxyl groups excluding tert-OH is 1. The molecule has 3 unspecified atom stereocenters. The van der Waals surface area contributed by atoms with Crippen LogP contribution in [0.25, 0.3) is 31.3 Å². The molecule has 14 nitrogen and oxygen atoms in total. The highest BCUT2D eigenvalue weighted by atomic mass is 16.5. The zero-order valence-corrected chi connectivity index (χ0v) is 31.7. The lowest BCUT2D eigenvalue weighted by Gasteiger charge is -2.65. The third kappa shape index (κ3) is 10.7. The van der Waals surface area contributed by atoms with Crippen LogP contribution in [0.1, 0.15) is 111 Å². The molecular weight excluding hydrogens is 648 g/mol. The smallest absolute Gasteiger partial charge is 0.0637 e. The van der Waals surface area contributed by atoms with E-state index in [9.17, 15) is 0 Å². The van der Waals surface area contributed by atoms with E-state index < -0.39 is 0 Å². The molecule has 4 saturated carbocycles. The van der Waals surface area contributed by atoms with E-state index in [-0.39, 0.29) is 35.7 Å². The summed E-state index contributed by atoms with van der Waals surface area (Å²) in [5.41, 5.74) is 26.5. The van der Waals surface area contributed by atoms with Gasteiger partial charge in [-0.25, -0.2) is 0 Å². The van der Waals surface area contributed by atoms with Gasteiger partial charge in [0, 0.05) is 66.2 Å². The van der Waals surface area contributed by atoms with Gasteiger partial charge in [-0.1, -0.05) is 36.1 Å². The normalized spacial score (nSPS) is 34.6. The fraction of sp³-hybridized carbons (Fsp3) is 1.00. The standard InChI is InChI=1S/C37H66N10O4/c1-27(10-6-16-41-15-4-5-20-48)30-11-12-31-35-32(26-34(37(30,31)3)51-23-9-19-44-47-40)36(2)14-13-29(49-21-7-17-42-45-38)24-28(36)25-33(35)50-22-8-18-43-46-39/h27-35,41,48H,4-26H2,1-3H3/t27-,28?,29-,30?,31+,32+,33-,34+,35?,36+,37-/m1/s1. The second-order valence-electron chi connectivity index (χ2n) is 16.3. The van der Waals surface area contributed by atoms with Crippen LogP contribution in [-0.4, -0.2) is 82.6 Å². The van der Waals surface area contributed by atoms with E-state index >= 15 is 0 Å². The van der Waals surface area contributed by atoms with Crippen LogP contribution in [0.4, 0.5) is 0 Å². The summed E-state index contributed by atoms with van der Waals surface area (Å²) in [6.07, 6.45) is 14.5. The van der Waals surface area contributed by atoms with E-state index in [1.165, 1.54) is 19.3 Å². The third-order valence-corrected chi connectivity index (χ3v) is 13.6. The Morgan fingerprint density at radius 2 is 1.41 bits per heavy atom. The monoisotopic (exact) mass is 715 g/mol. The maximum Gasteiger partial charge on any atom is 0.0637 e. The lowest BCUT2D eigenvalue weighted by Crippen LogP contribution is -2.63. The van der Waals surface area contributed by atoms with Crippen LogP contribution >= 0.6 is 0 Å². The molecule has 2 N–H and O–H groups in total. The number of rotatable bonds is 24. The van der Waals surface area contributed by atoms with Crippen molar-refractivity contribution in [3.63, 3.8) is 0 Å². The maximum absolute atomic E-state index is 9.09. The Balaban J connectivity index is 1.55. The van der Waals surface area contributed by atoms with E-state index in [4.69, 9.17) is 35.9 Å². The molecule has 4 aliphatic carbocycles. The molecule has 4 rings (SSSR count). The number of ether oxygens (including phenoxy) is 3. The van der Waals surface area contributed by atoms with Gasteiger partial charge in [-0.05, 0) is 160 Å². The van der Waals surface area contributed by atoms with E-state index in [2.05, 4.69) is 56.2 Å². The average Bonchev–Trinajstić information content (AvgIpc) is 3.49. The summed E-state index contributed by atoms with van der Waals surface area (Å²) in [4.78, 5) is 8.78. The second-order valence-corrected chi connectivity index (χ2v) is 16.3. The molecule has 11 atom stereocenters. The number of aliphatic hydroxyl groups is 1. The largest absolute Gasteiger partial charge is 0.396 e.